The second-order valence-corrected chi connectivity index (χ2v) is 7.12. The van der Waals surface area contributed by atoms with E-state index in [1.165, 1.54) is 20.0 Å². The number of methoxy groups -OCH3 is 1. The lowest BCUT2D eigenvalue weighted by Crippen LogP contribution is -2.56. The monoisotopic (exact) mass is 346 g/mol. The fourth-order valence-electron chi connectivity index (χ4n) is 3.45. The second-order valence-electron chi connectivity index (χ2n) is 7.12. The molecule has 0 bridgehead atoms. The minimum absolute atomic E-state index is 0.0898. The first kappa shape index (κ1) is 17.9. The number of aliphatic carboxylic acids is 1. The molecule has 0 saturated heterocycles. The third kappa shape index (κ3) is 4.80. The van der Waals surface area contributed by atoms with Crippen LogP contribution >= 0.6 is 0 Å². The van der Waals surface area contributed by atoms with E-state index in [-0.39, 0.29) is 24.5 Å². The van der Waals surface area contributed by atoms with Crippen LogP contribution in [0.2, 0.25) is 0 Å². The average Bonchev–Trinajstić information content (AvgIpc) is 3.35. The molecule has 1 aromatic rings. The van der Waals surface area contributed by atoms with Crippen LogP contribution in [0.3, 0.4) is 0 Å². The number of rotatable bonds is 9. The molecule has 6 nitrogen and oxygen atoms in total. The van der Waals surface area contributed by atoms with Gasteiger partial charge in [-0.15, -0.1) is 0 Å². The number of hydrogen-bond donors (Lipinski definition) is 2. The molecule has 0 spiro atoms. The third-order valence-electron chi connectivity index (χ3n) is 5.08. The molecule has 0 aromatic heterocycles. The predicted octanol–water partition coefficient (Wildman–Crippen LogP) is 1.82. The number of nitrogens with zero attached hydrogens (tertiary/aromatic N) is 1. The van der Waals surface area contributed by atoms with E-state index in [1.807, 2.05) is 30.3 Å². The van der Waals surface area contributed by atoms with Crippen LogP contribution in [-0.2, 0) is 14.3 Å². The summed E-state index contributed by atoms with van der Waals surface area (Å²) < 4.78 is 5.36. The van der Waals surface area contributed by atoms with Crippen LogP contribution in [0.5, 0.6) is 0 Å². The summed E-state index contributed by atoms with van der Waals surface area (Å²) in [5.41, 5.74) is 0.833. The number of amides is 1. The van der Waals surface area contributed by atoms with E-state index >= 15 is 0 Å². The maximum absolute atomic E-state index is 12.5. The Balaban J connectivity index is 1.49. The molecule has 136 valence electrons. The highest BCUT2D eigenvalue weighted by Gasteiger charge is 2.38. The molecule has 1 atom stereocenters. The van der Waals surface area contributed by atoms with Gasteiger partial charge in [0.05, 0.1) is 6.54 Å². The zero-order chi connectivity index (χ0) is 17.8. The lowest BCUT2D eigenvalue weighted by Gasteiger charge is -2.43. The molecule has 2 N–H and O–H groups in total. The second kappa shape index (κ2) is 7.97. The quantitative estimate of drug-likeness (QED) is 0.713. The summed E-state index contributed by atoms with van der Waals surface area (Å²) in [7, 11) is 1.53. The molecule has 0 unspecified atom stereocenters. The molecule has 3 rings (SSSR count). The van der Waals surface area contributed by atoms with Crippen molar-refractivity contribution in [2.75, 3.05) is 20.2 Å². The number of carboxylic acid groups (broad SMARTS) is 1. The van der Waals surface area contributed by atoms with E-state index in [0.717, 1.165) is 24.9 Å². The van der Waals surface area contributed by atoms with Gasteiger partial charge in [-0.2, -0.15) is 0 Å². The average molecular weight is 346 g/mol. The van der Waals surface area contributed by atoms with Crippen molar-refractivity contribution in [3.63, 3.8) is 0 Å². The molecular weight excluding hydrogens is 320 g/mol. The Labute approximate surface area is 148 Å². The fourth-order valence-corrected chi connectivity index (χ4v) is 3.45. The molecule has 2 aliphatic rings. The van der Waals surface area contributed by atoms with Gasteiger partial charge in [-0.25, -0.2) is 0 Å². The summed E-state index contributed by atoms with van der Waals surface area (Å²) in [4.78, 5) is 25.6. The van der Waals surface area contributed by atoms with E-state index in [1.54, 1.807) is 0 Å². The van der Waals surface area contributed by atoms with Gasteiger partial charge in [0.1, 0.15) is 0 Å². The summed E-state index contributed by atoms with van der Waals surface area (Å²) in [6.07, 6.45) is 3.40. The van der Waals surface area contributed by atoms with Crippen molar-refractivity contribution in [2.24, 2.45) is 5.92 Å². The van der Waals surface area contributed by atoms with Crippen molar-refractivity contribution in [1.29, 1.82) is 0 Å². The van der Waals surface area contributed by atoms with Crippen molar-refractivity contribution in [3.05, 3.63) is 35.9 Å². The summed E-state index contributed by atoms with van der Waals surface area (Å²) in [5.74, 6) is -0.260. The standard InChI is InChI=1S/C19H26N2O4/c1-25-18(14-5-3-2-4-6-14)19(24)20-15-9-16(10-15)21(12-17(22)23)11-13-7-8-13/h2-6,13,15-16,18H,7-12H2,1H3,(H,20,24)(H,22,23)/t15?,16?,18-/m1/s1. The predicted molar refractivity (Wildman–Crippen MR) is 93.1 cm³/mol. The smallest absolute Gasteiger partial charge is 0.317 e. The minimum Gasteiger partial charge on any atom is -0.480 e. The maximum atomic E-state index is 12.5. The molecule has 2 fully saturated rings. The van der Waals surface area contributed by atoms with Crippen LogP contribution in [0.15, 0.2) is 30.3 Å². The van der Waals surface area contributed by atoms with E-state index in [0.29, 0.717) is 5.92 Å². The van der Waals surface area contributed by atoms with Gasteiger partial charge in [0, 0.05) is 25.7 Å². The van der Waals surface area contributed by atoms with Crippen molar-refractivity contribution in [2.45, 2.75) is 43.9 Å². The highest BCUT2D eigenvalue weighted by atomic mass is 16.5. The van der Waals surface area contributed by atoms with Crippen molar-refractivity contribution in [3.8, 4) is 0 Å². The lowest BCUT2D eigenvalue weighted by atomic mass is 9.85. The Hall–Kier alpha value is -1.92. The first-order chi connectivity index (χ1) is 12.1. The van der Waals surface area contributed by atoms with Crippen LogP contribution in [0.25, 0.3) is 0 Å². The molecule has 6 heteroatoms. The first-order valence-corrected chi connectivity index (χ1v) is 8.90. The van der Waals surface area contributed by atoms with Crippen LogP contribution in [0.4, 0.5) is 0 Å². The number of benzene rings is 1. The Bertz CT molecular complexity index is 597. The summed E-state index contributed by atoms with van der Waals surface area (Å²) in [6.45, 7) is 0.953. The molecule has 1 amide bonds. The molecule has 0 heterocycles. The molecular formula is C19H26N2O4. The number of ether oxygens (including phenoxy) is 1. The van der Waals surface area contributed by atoms with Gasteiger partial charge < -0.3 is 15.2 Å². The number of carboxylic acids is 1. The lowest BCUT2D eigenvalue weighted by molar-refractivity contribution is -0.140. The largest absolute Gasteiger partial charge is 0.480 e. The zero-order valence-electron chi connectivity index (χ0n) is 14.6. The van der Waals surface area contributed by atoms with Crippen molar-refractivity contribution in [1.82, 2.24) is 10.2 Å². The van der Waals surface area contributed by atoms with Gasteiger partial charge >= 0.3 is 5.97 Å². The zero-order valence-corrected chi connectivity index (χ0v) is 14.6. The van der Waals surface area contributed by atoms with E-state index in [4.69, 9.17) is 9.84 Å². The summed E-state index contributed by atoms with van der Waals surface area (Å²) in [6, 6.07) is 9.77. The Morgan fingerprint density at radius 1 is 1.28 bits per heavy atom. The van der Waals surface area contributed by atoms with Crippen LogP contribution < -0.4 is 5.32 Å². The van der Waals surface area contributed by atoms with Gasteiger partial charge in [0.15, 0.2) is 6.10 Å². The van der Waals surface area contributed by atoms with Crippen molar-refractivity contribution >= 4 is 11.9 Å². The number of hydrogen-bond acceptors (Lipinski definition) is 4. The fraction of sp³-hybridized carbons (Fsp3) is 0.579. The van der Waals surface area contributed by atoms with Gasteiger partial charge in [-0.05, 0) is 37.2 Å². The van der Waals surface area contributed by atoms with Gasteiger partial charge in [0.25, 0.3) is 5.91 Å². The van der Waals surface area contributed by atoms with Gasteiger partial charge in [-0.3, -0.25) is 14.5 Å². The molecule has 2 aliphatic carbocycles. The molecule has 1 aromatic carbocycles. The van der Waals surface area contributed by atoms with E-state index in [9.17, 15) is 9.59 Å². The SMILES string of the molecule is CO[C@@H](C(=O)NC1CC(N(CC(=O)O)CC2CC2)C1)c1ccccc1. The highest BCUT2D eigenvalue weighted by Crippen LogP contribution is 2.34. The first-order valence-electron chi connectivity index (χ1n) is 8.90. The summed E-state index contributed by atoms with van der Waals surface area (Å²) >= 11 is 0. The number of nitrogens with one attached hydrogen (secondary N) is 1. The minimum atomic E-state index is -0.781. The highest BCUT2D eigenvalue weighted by molar-refractivity contribution is 5.82. The van der Waals surface area contributed by atoms with Crippen molar-refractivity contribution < 1.29 is 19.4 Å². The molecule has 0 aliphatic heterocycles. The van der Waals surface area contributed by atoms with Crippen LogP contribution in [0, 0.1) is 5.92 Å². The van der Waals surface area contributed by atoms with Gasteiger partial charge in [-0.1, -0.05) is 30.3 Å². The maximum Gasteiger partial charge on any atom is 0.317 e. The topological polar surface area (TPSA) is 78.9 Å². The molecule has 25 heavy (non-hydrogen) atoms. The number of carbonyl (C=O) groups is 2. The Morgan fingerprint density at radius 3 is 2.52 bits per heavy atom. The molecule has 2 saturated carbocycles. The van der Waals surface area contributed by atoms with E-state index < -0.39 is 12.1 Å². The Kier molecular flexibility index (Phi) is 5.71. The normalized spacial score (nSPS) is 23.8. The van der Waals surface area contributed by atoms with Gasteiger partial charge in [0.2, 0.25) is 0 Å². The van der Waals surface area contributed by atoms with Crippen LogP contribution in [-0.4, -0.2) is 54.2 Å². The third-order valence-corrected chi connectivity index (χ3v) is 5.08. The Morgan fingerprint density at radius 2 is 1.96 bits per heavy atom. The molecule has 0 radical (unpaired) electrons. The number of carbonyl (C=O) groups excluding carboxylic acids is 1. The van der Waals surface area contributed by atoms with Crippen LogP contribution in [0.1, 0.15) is 37.4 Å². The van der Waals surface area contributed by atoms with E-state index in [2.05, 4.69) is 10.2 Å². The summed E-state index contributed by atoms with van der Waals surface area (Å²) in [5, 5.41) is 12.1.